The Bertz CT molecular complexity index is 574. The van der Waals surface area contributed by atoms with Crippen LogP contribution in [0.3, 0.4) is 0 Å². The fourth-order valence-corrected chi connectivity index (χ4v) is 4.18. The Labute approximate surface area is 127 Å². The molecule has 0 spiro atoms. The van der Waals surface area contributed by atoms with E-state index < -0.39 is 0 Å². The van der Waals surface area contributed by atoms with E-state index in [0.29, 0.717) is 5.92 Å². The average Bonchev–Trinajstić information content (AvgIpc) is 2.47. The monoisotopic (exact) mass is 332 g/mol. The molecule has 0 bridgehead atoms. The summed E-state index contributed by atoms with van der Waals surface area (Å²) in [7, 11) is 0. The number of fused-ring (bicyclic) bond motifs is 1. The van der Waals surface area contributed by atoms with E-state index in [1.54, 1.807) is 0 Å². The maximum absolute atomic E-state index is 3.60. The zero-order valence-corrected chi connectivity index (χ0v) is 13.4. The summed E-state index contributed by atoms with van der Waals surface area (Å²) in [6, 6.07) is 15.8. The van der Waals surface area contributed by atoms with Crippen molar-refractivity contribution < 1.29 is 0 Å². The van der Waals surface area contributed by atoms with Crippen LogP contribution in [0.15, 0.2) is 51.8 Å². The van der Waals surface area contributed by atoms with Crippen molar-refractivity contribution in [2.45, 2.75) is 30.6 Å². The molecule has 1 heterocycles. The molecule has 0 aliphatic carbocycles. The summed E-state index contributed by atoms with van der Waals surface area (Å²) in [6.07, 6.45) is 2.35. The Morgan fingerprint density at radius 3 is 2.68 bits per heavy atom. The SMILES string of the molecule is CCc1ccc(C2CCSc3ccc(Br)cc32)cc1. The van der Waals surface area contributed by atoms with Crippen LogP contribution in [0, 0.1) is 0 Å². The van der Waals surface area contributed by atoms with Crippen molar-refractivity contribution in [2.24, 2.45) is 0 Å². The molecule has 1 atom stereocenters. The summed E-state index contributed by atoms with van der Waals surface area (Å²) in [4.78, 5) is 1.44. The lowest BCUT2D eigenvalue weighted by molar-refractivity contribution is 0.753. The minimum absolute atomic E-state index is 0.555. The number of halogens is 1. The van der Waals surface area contributed by atoms with Gasteiger partial charge in [0.05, 0.1) is 0 Å². The first-order valence-electron chi connectivity index (χ1n) is 6.79. The molecule has 19 heavy (non-hydrogen) atoms. The molecule has 1 aliphatic rings. The van der Waals surface area contributed by atoms with E-state index in [1.807, 2.05) is 11.8 Å². The van der Waals surface area contributed by atoms with E-state index in [1.165, 1.54) is 38.2 Å². The van der Waals surface area contributed by atoms with Crippen LogP contribution in [0.5, 0.6) is 0 Å². The molecule has 2 aromatic carbocycles. The van der Waals surface area contributed by atoms with Crippen molar-refractivity contribution in [3.63, 3.8) is 0 Å². The van der Waals surface area contributed by atoms with Crippen molar-refractivity contribution in [1.29, 1.82) is 0 Å². The van der Waals surface area contributed by atoms with Gasteiger partial charge in [-0.05, 0) is 53.5 Å². The zero-order chi connectivity index (χ0) is 13.2. The first-order valence-corrected chi connectivity index (χ1v) is 8.57. The predicted octanol–water partition coefficient (Wildman–Crippen LogP) is 5.64. The normalized spacial score (nSPS) is 18.1. The quantitative estimate of drug-likeness (QED) is 0.685. The van der Waals surface area contributed by atoms with Gasteiger partial charge in [0, 0.05) is 15.3 Å². The molecular weight excluding hydrogens is 316 g/mol. The number of hydrogen-bond acceptors (Lipinski definition) is 1. The topological polar surface area (TPSA) is 0 Å². The highest BCUT2D eigenvalue weighted by Gasteiger charge is 2.22. The van der Waals surface area contributed by atoms with E-state index in [4.69, 9.17) is 0 Å². The van der Waals surface area contributed by atoms with Gasteiger partial charge < -0.3 is 0 Å². The summed E-state index contributed by atoms with van der Waals surface area (Å²) in [5.41, 5.74) is 4.36. The van der Waals surface area contributed by atoms with Gasteiger partial charge in [0.25, 0.3) is 0 Å². The lowest BCUT2D eigenvalue weighted by atomic mass is 9.88. The minimum atomic E-state index is 0.555. The van der Waals surface area contributed by atoms with Crippen molar-refractivity contribution in [1.82, 2.24) is 0 Å². The summed E-state index contributed by atoms with van der Waals surface area (Å²) in [6.45, 7) is 2.21. The third-order valence-electron chi connectivity index (χ3n) is 3.80. The molecule has 1 unspecified atom stereocenters. The third-order valence-corrected chi connectivity index (χ3v) is 5.42. The van der Waals surface area contributed by atoms with Gasteiger partial charge in [0.2, 0.25) is 0 Å². The predicted molar refractivity (Wildman–Crippen MR) is 87.1 cm³/mol. The highest BCUT2D eigenvalue weighted by Crippen LogP contribution is 2.42. The largest absolute Gasteiger partial charge is 0.126 e. The first-order chi connectivity index (χ1) is 9.28. The fraction of sp³-hybridized carbons (Fsp3) is 0.294. The van der Waals surface area contributed by atoms with Crippen LogP contribution in [-0.2, 0) is 6.42 Å². The Morgan fingerprint density at radius 1 is 1.16 bits per heavy atom. The van der Waals surface area contributed by atoms with Crippen molar-refractivity contribution in [3.05, 3.63) is 63.6 Å². The summed E-state index contributed by atoms with van der Waals surface area (Å²) >= 11 is 5.59. The number of aryl methyl sites for hydroxylation is 1. The first kappa shape index (κ1) is 13.3. The van der Waals surface area contributed by atoms with Crippen LogP contribution in [-0.4, -0.2) is 5.75 Å². The number of benzene rings is 2. The second-order valence-corrected chi connectivity index (χ2v) is 7.02. The number of rotatable bonds is 2. The van der Waals surface area contributed by atoms with Crippen molar-refractivity contribution in [2.75, 3.05) is 5.75 Å². The van der Waals surface area contributed by atoms with E-state index >= 15 is 0 Å². The van der Waals surface area contributed by atoms with Crippen molar-refractivity contribution in [3.8, 4) is 0 Å². The Kier molecular flexibility index (Phi) is 3.99. The molecule has 0 aromatic heterocycles. The molecule has 0 fully saturated rings. The molecule has 3 rings (SSSR count). The molecule has 98 valence electrons. The van der Waals surface area contributed by atoms with Crippen LogP contribution in [0.4, 0.5) is 0 Å². The third kappa shape index (κ3) is 2.75. The molecule has 0 saturated carbocycles. The fourth-order valence-electron chi connectivity index (χ4n) is 2.70. The van der Waals surface area contributed by atoms with E-state index in [-0.39, 0.29) is 0 Å². The molecule has 0 amide bonds. The Morgan fingerprint density at radius 2 is 1.95 bits per heavy atom. The lowest BCUT2D eigenvalue weighted by Gasteiger charge is -2.26. The Hall–Kier alpha value is -0.730. The standard InChI is InChI=1S/C17H17BrS/c1-2-12-3-5-13(6-4-12)15-9-10-19-17-8-7-14(18)11-16(15)17/h3-8,11,15H,2,9-10H2,1H3. The highest BCUT2D eigenvalue weighted by atomic mass is 79.9. The maximum Gasteiger partial charge on any atom is 0.0179 e. The number of thioether (sulfide) groups is 1. The van der Waals surface area contributed by atoms with E-state index in [0.717, 1.165) is 6.42 Å². The minimum Gasteiger partial charge on any atom is -0.126 e. The van der Waals surface area contributed by atoms with Gasteiger partial charge in [0.15, 0.2) is 0 Å². The van der Waals surface area contributed by atoms with Gasteiger partial charge in [-0.15, -0.1) is 11.8 Å². The van der Waals surface area contributed by atoms with Crippen molar-refractivity contribution >= 4 is 27.7 Å². The average molecular weight is 333 g/mol. The highest BCUT2D eigenvalue weighted by molar-refractivity contribution is 9.10. The van der Waals surface area contributed by atoms with Gasteiger partial charge in [-0.25, -0.2) is 0 Å². The molecule has 0 N–H and O–H groups in total. The second kappa shape index (κ2) is 5.72. The molecule has 0 nitrogen and oxygen atoms in total. The van der Waals surface area contributed by atoms with Crippen LogP contribution < -0.4 is 0 Å². The van der Waals surface area contributed by atoms with Gasteiger partial charge >= 0.3 is 0 Å². The van der Waals surface area contributed by atoms with Gasteiger partial charge in [-0.1, -0.05) is 47.1 Å². The zero-order valence-electron chi connectivity index (χ0n) is 11.0. The summed E-state index contributed by atoms with van der Waals surface area (Å²) in [5.74, 6) is 1.77. The van der Waals surface area contributed by atoms with E-state index in [2.05, 4.69) is 65.3 Å². The lowest BCUT2D eigenvalue weighted by Crippen LogP contribution is -2.09. The molecule has 0 saturated heterocycles. The smallest absolute Gasteiger partial charge is 0.0179 e. The van der Waals surface area contributed by atoms with E-state index in [9.17, 15) is 0 Å². The van der Waals surface area contributed by atoms with Gasteiger partial charge in [-0.2, -0.15) is 0 Å². The Balaban J connectivity index is 2.00. The van der Waals surface area contributed by atoms with Gasteiger partial charge in [0.1, 0.15) is 0 Å². The summed E-state index contributed by atoms with van der Waals surface area (Å²) in [5, 5.41) is 0. The molecule has 1 aliphatic heterocycles. The molecular formula is C17H17BrS. The molecule has 2 heteroatoms. The number of hydrogen-bond donors (Lipinski definition) is 0. The molecule has 2 aromatic rings. The van der Waals surface area contributed by atoms with Crippen LogP contribution in [0.25, 0.3) is 0 Å². The van der Waals surface area contributed by atoms with Crippen LogP contribution >= 0.6 is 27.7 Å². The second-order valence-electron chi connectivity index (χ2n) is 4.97. The van der Waals surface area contributed by atoms with Gasteiger partial charge in [-0.3, -0.25) is 0 Å². The van der Waals surface area contributed by atoms with Crippen LogP contribution in [0.2, 0.25) is 0 Å². The summed E-state index contributed by atoms with van der Waals surface area (Å²) < 4.78 is 1.18. The molecule has 0 radical (unpaired) electrons. The van der Waals surface area contributed by atoms with Crippen LogP contribution in [0.1, 0.15) is 36.0 Å². The maximum atomic E-state index is 3.60.